The van der Waals surface area contributed by atoms with Crippen molar-refractivity contribution in [1.82, 2.24) is 9.78 Å². The molecule has 8 heteroatoms. The first-order chi connectivity index (χ1) is 13.5. The molecule has 0 radical (unpaired) electrons. The molecule has 0 atom stereocenters. The molecule has 0 aliphatic carbocycles. The number of nitriles is 1. The lowest BCUT2D eigenvalue weighted by Crippen LogP contribution is -2.15. The molecule has 1 aromatic heterocycles. The van der Waals surface area contributed by atoms with E-state index in [4.69, 9.17) is 5.26 Å². The number of hydrogen-bond donors (Lipinski definition) is 1. The summed E-state index contributed by atoms with van der Waals surface area (Å²) in [5.74, 6) is 0.323. The summed E-state index contributed by atoms with van der Waals surface area (Å²) >= 11 is 0. The molecule has 8 nitrogen and oxygen atoms in total. The lowest BCUT2D eigenvalue weighted by atomic mass is 10.1. The number of nitrogens with one attached hydrogen (secondary N) is 1. The molecule has 0 aliphatic rings. The average Bonchev–Trinajstić information content (AvgIpc) is 3.06. The summed E-state index contributed by atoms with van der Waals surface area (Å²) in [6.45, 7) is 1.80. The van der Waals surface area contributed by atoms with E-state index in [1.54, 1.807) is 41.9 Å². The van der Waals surface area contributed by atoms with Crippen LogP contribution in [-0.4, -0.2) is 20.6 Å². The highest BCUT2D eigenvalue weighted by Crippen LogP contribution is 2.20. The summed E-state index contributed by atoms with van der Waals surface area (Å²) in [7, 11) is 0. The Kier molecular flexibility index (Phi) is 5.46. The second-order valence-electron chi connectivity index (χ2n) is 6.21. The molecule has 0 spiro atoms. The van der Waals surface area contributed by atoms with Crippen molar-refractivity contribution in [3.8, 4) is 11.8 Å². The Morgan fingerprint density at radius 1 is 1.21 bits per heavy atom. The standard InChI is InChI=1S/C20H17N5O3/c1-14-12-19(24(23-14)17-7-9-18(10-8-17)25(27)28)22-20(26)11-6-15-2-4-16(13-21)5-3-15/h2-5,7-10,12H,6,11H2,1H3,(H,22,26). The van der Waals surface area contributed by atoms with Crippen LogP contribution in [0, 0.1) is 28.4 Å². The van der Waals surface area contributed by atoms with Crippen LogP contribution in [0.3, 0.4) is 0 Å². The third-order valence-electron chi connectivity index (χ3n) is 4.13. The van der Waals surface area contributed by atoms with E-state index in [2.05, 4.69) is 16.5 Å². The van der Waals surface area contributed by atoms with E-state index in [0.29, 0.717) is 29.2 Å². The van der Waals surface area contributed by atoms with Crippen molar-refractivity contribution in [2.24, 2.45) is 0 Å². The van der Waals surface area contributed by atoms with Gasteiger partial charge in [-0.3, -0.25) is 14.9 Å². The number of nitrogens with zero attached hydrogens (tertiary/aromatic N) is 4. The van der Waals surface area contributed by atoms with E-state index in [0.717, 1.165) is 5.56 Å². The van der Waals surface area contributed by atoms with Crippen LogP contribution < -0.4 is 5.32 Å². The van der Waals surface area contributed by atoms with Crippen LogP contribution >= 0.6 is 0 Å². The summed E-state index contributed by atoms with van der Waals surface area (Å²) in [6, 6.07) is 16.8. The van der Waals surface area contributed by atoms with Gasteiger partial charge in [0.2, 0.25) is 5.91 Å². The van der Waals surface area contributed by atoms with E-state index >= 15 is 0 Å². The predicted molar refractivity (Wildman–Crippen MR) is 103 cm³/mol. The van der Waals surface area contributed by atoms with Crippen LogP contribution in [0.25, 0.3) is 5.69 Å². The molecule has 2 aromatic carbocycles. The van der Waals surface area contributed by atoms with Gasteiger partial charge < -0.3 is 5.32 Å². The number of nitro benzene ring substituents is 1. The molecule has 3 rings (SSSR count). The number of carbonyl (C=O) groups is 1. The Labute approximate surface area is 161 Å². The fourth-order valence-corrected chi connectivity index (χ4v) is 2.71. The van der Waals surface area contributed by atoms with Gasteiger partial charge in [-0.25, -0.2) is 4.68 Å². The summed E-state index contributed by atoms with van der Waals surface area (Å²) in [5.41, 5.74) is 2.85. The minimum absolute atomic E-state index is 0.0133. The van der Waals surface area contributed by atoms with Gasteiger partial charge in [0.1, 0.15) is 5.82 Å². The molecule has 1 heterocycles. The van der Waals surface area contributed by atoms with Crippen molar-refractivity contribution in [2.75, 3.05) is 5.32 Å². The average molecular weight is 375 g/mol. The summed E-state index contributed by atoms with van der Waals surface area (Å²) < 4.78 is 1.54. The lowest BCUT2D eigenvalue weighted by molar-refractivity contribution is -0.384. The number of aryl methyl sites for hydroxylation is 2. The summed E-state index contributed by atoms with van der Waals surface area (Å²) in [5, 5.41) is 26.8. The first-order valence-electron chi connectivity index (χ1n) is 8.56. The molecule has 0 fully saturated rings. The van der Waals surface area contributed by atoms with E-state index < -0.39 is 4.92 Å². The van der Waals surface area contributed by atoms with Crippen LogP contribution in [0.15, 0.2) is 54.6 Å². The van der Waals surface area contributed by atoms with Crippen LogP contribution in [0.1, 0.15) is 23.2 Å². The van der Waals surface area contributed by atoms with E-state index in [1.807, 2.05) is 12.1 Å². The molecular weight excluding hydrogens is 358 g/mol. The molecule has 0 bridgehead atoms. The third kappa shape index (κ3) is 4.40. The quantitative estimate of drug-likeness (QED) is 0.523. The number of hydrogen-bond acceptors (Lipinski definition) is 5. The molecule has 1 amide bonds. The number of non-ortho nitro benzene ring substituents is 1. The molecule has 1 N–H and O–H groups in total. The highest BCUT2D eigenvalue weighted by Gasteiger charge is 2.12. The molecule has 3 aromatic rings. The van der Waals surface area contributed by atoms with Crippen molar-refractivity contribution in [3.05, 3.63) is 81.5 Å². The number of anilines is 1. The van der Waals surface area contributed by atoms with Crippen LogP contribution in [0.2, 0.25) is 0 Å². The lowest BCUT2D eigenvalue weighted by Gasteiger charge is -2.09. The second-order valence-corrected chi connectivity index (χ2v) is 6.21. The molecule has 28 heavy (non-hydrogen) atoms. The Bertz CT molecular complexity index is 1050. The Morgan fingerprint density at radius 2 is 1.89 bits per heavy atom. The fraction of sp³-hybridized carbons (Fsp3) is 0.150. The van der Waals surface area contributed by atoms with Crippen molar-refractivity contribution >= 4 is 17.4 Å². The number of rotatable bonds is 6. The van der Waals surface area contributed by atoms with Crippen LogP contribution in [-0.2, 0) is 11.2 Å². The van der Waals surface area contributed by atoms with Crippen molar-refractivity contribution in [2.45, 2.75) is 19.8 Å². The minimum atomic E-state index is -0.468. The topological polar surface area (TPSA) is 114 Å². The number of aromatic nitrogens is 2. The zero-order chi connectivity index (χ0) is 20.1. The van der Waals surface area contributed by atoms with Gasteiger partial charge in [0.25, 0.3) is 5.69 Å². The van der Waals surface area contributed by atoms with Gasteiger partial charge in [0, 0.05) is 24.6 Å². The number of benzene rings is 2. The largest absolute Gasteiger partial charge is 0.311 e. The van der Waals surface area contributed by atoms with Gasteiger partial charge in [0.15, 0.2) is 0 Å². The van der Waals surface area contributed by atoms with E-state index in [9.17, 15) is 14.9 Å². The maximum atomic E-state index is 12.4. The predicted octanol–water partition coefficient (Wildman–Crippen LogP) is 3.53. The Balaban J connectivity index is 1.69. The monoisotopic (exact) mass is 375 g/mol. The van der Waals surface area contributed by atoms with Crippen molar-refractivity contribution in [1.29, 1.82) is 5.26 Å². The fourth-order valence-electron chi connectivity index (χ4n) is 2.71. The van der Waals surface area contributed by atoms with Gasteiger partial charge in [-0.2, -0.15) is 10.4 Å². The number of carbonyl (C=O) groups excluding carboxylic acids is 1. The highest BCUT2D eigenvalue weighted by atomic mass is 16.6. The smallest absolute Gasteiger partial charge is 0.269 e. The molecule has 0 saturated heterocycles. The van der Waals surface area contributed by atoms with Crippen LogP contribution in [0.4, 0.5) is 11.5 Å². The van der Waals surface area contributed by atoms with Gasteiger partial charge in [-0.15, -0.1) is 0 Å². The summed E-state index contributed by atoms with van der Waals surface area (Å²) in [4.78, 5) is 22.7. The Morgan fingerprint density at radius 3 is 2.50 bits per heavy atom. The molecule has 0 aliphatic heterocycles. The maximum Gasteiger partial charge on any atom is 0.269 e. The SMILES string of the molecule is Cc1cc(NC(=O)CCc2ccc(C#N)cc2)n(-c2ccc([N+](=O)[O-])cc2)n1. The van der Waals surface area contributed by atoms with E-state index in [1.165, 1.54) is 12.1 Å². The number of amides is 1. The maximum absolute atomic E-state index is 12.4. The molecule has 0 unspecified atom stereocenters. The van der Waals surface area contributed by atoms with Crippen molar-refractivity contribution < 1.29 is 9.72 Å². The van der Waals surface area contributed by atoms with Gasteiger partial charge >= 0.3 is 0 Å². The first kappa shape index (κ1) is 18.8. The highest BCUT2D eigenvalue weighted by molar-refractivity contribution is 5.90. The van der Waals surface area contributed by atoms with Gasteiger partial charge in [-0.1, -0.05) is 12.1 Å². The molecule has 0 saturated carbocycles. The number of nitro groups is 1. The minimum Gasteiger partial charge on any atom is -0.311 e. The van der Waals surface area contributed by atoms with Gasteiger partial charge in [0.05, 0.1) is 27.9 Å². The normalized spacial score (nSPS) is 10.3. The molecule has 140 valence electrons. The van der Waals surface area contributed by atoms with Crippen molar-refractivity contribution in [3.63, 3.8) is 0 Å². The Hall–Kier alpha value is -3.99. The zero-order valence-electron chi connectivity index (χ0n) is 15.1. The van der Waals surface area contributed by atoms with Gasteiger partial charge in [-0.05, 0) is 43.2 Å². The van der Waals surface area contributed by atoms with E-state index in [-0.39, 0.29) is 18.0 Å². The summed E-state index contributed by atoms with van der Waals surface area (Å²) in [6.07, 6.45) is 0.818. The van der Waals surface area contributed by atoms with Crippen LogP contribution in [0.5, 0.6) is 0 Å². The third-order valence-corrected chi connectivity index (χ3v) is 4.13. The zero-order valence-corrected chi connectivity index (χ0v) is 15.1. The molecular formula is C20H17N5O3. The second kappa shape index (κ2) is 8.14. The first-order valence-corrected chi connectivity index (χ1v) is 8.56.